The third-order valence-corrected chi connectivity index (χ3v) is 5.22. The normalized spacial score (nSPS) is 13.2. The van der Waals surface area contributed by atoms with E-state index in [1.54, 1.807) is 39.0 Å². The van der Waals surface area contributed by atoms with Crippen molar-refractivity contribution in [2.75, 3.05) is 6.54 Å². The van der Waals surface area contributed by atoms with Gasteiger partial charge in [0.05, 0.1) is 0 Å². The Kier molecular flexibility index (Phi) is 11.8. The smallest absolute Gasteiger partial charge is 0.408 e. The molecule has 0 aliphatic heterocycles. The molecule has 0 heterocycles. The van der Waals surface area contributed by atoms with E-state index in [1.807, 2.05) is 39.8 Å². The molecule has 0 saturated heterocycles. The number of hydrogen-bond donors (Lipinski definition) is 3. The van der Waals surface area contributed by atoms with Gasteiger partial charge < -0.3 is 26.0 Å². The van der Waals surface area contributed by atoms with Crippen molar-refractivity contribution in [3.05, 3.63) is 42.0 Å². The van der Waals surface area contributed by atoms with Gasteiger partial charge in [0.25, 0.3) is 0 Å². The van der Waals surface area contributed by atoms with Crippen molar-refractivity contribution in [2.45, 2.75) is 97.4 Å². The lowest BCUT2D eigenvalue weighted by Gasteiger charge is -2.36. The summed E-state index contributed by atoms with van der Waals surface area (Å²) >= 11 is 0. The fourth-order valence-electron chi connectivity index (χ4n) is 3.66. The van der Waals surface area contributed by atoms with E-state index in [2.05, 4.69) is 17.2 Å². The highest BCUT2D eigenvalue weighted by atomic mass is 16.6. The minimum Gasteiger partial charge on any atom is -0.444 e. The third-order valence-electron chi connectivity index (χ3n) is 5.22. The van der Waals surface area contributed by atoms with Crippen LogP contribution in [0.1, 0.15) is 91.3 Å². The van der Waals surface area contributed by atoms with Crippen LogP contribution in [0.2, 0.25) is 0 Å². The van der Waals surface area contributed by atoms with E-state index in [1.165, 1.54) is 4.90 Å². The molecule has 0 aliphatic rings. The lowest BCUT2D eigenvalue weighted by atomic mass is 9.98. The number of hydrogen-bond acceptors (Lipinski definition) is 5. The number of amides is 4. The average Bonchev–Trinajstić information content (AvgIpc) is 2.76. The highest BCUT2D eigenvalue weighted by Gasteiger charge is 2.37. The van der Waals surface area contributed by atoms with Gasteiger partial charge in [-0.15, -0.1) is 0 Å². The zero-order valence-corrected chi connectivity index (χ0v) is 23.3. The first kappa shape index (κ1) is 31.7. The third kappa shape index (κ3) is 11.5. The molecule has 9 nitrogen and oxygen atoms in total. The molecule has 1 rings (SSSR count). The zero-order chi connectivity index (χ0) is 28.4. The molecule has 0 aliphatic carbocycles. The van der Waals surface area contributed by atoms with Crippen molar-refractivity contribution in [1.82, 2.24) is 15.5 Å². The van der Waals surface area contributed by atoms with E-state index < -0.39 is 41.1 Å². The Morgan fingerprint density at radius 3 is 2.30 bits per heavy atom. The molecular weight excluding hydrogens is 472 g/mol. The summed E-state index contributed by atoms with van der Waals surface area (Å²) in [5, 5.41) is 5.58. The van der Waals surface area contributed by atoms with E-state index in [0.29, 0.717) is 12.0 Å². The summed E-state index contributed by atoms with van der Waals surface area (Å²) in [7, 11) is 0. The van der Waals surface area contributed by atoms with Crippen molar-refractivity contribution in [2.24, 2.45) is 5.73 Å². The molecule has 0 radical (unpaired) electrons. The van der Waals surface area contributed by atoms with Gasteiger partial charge in [0.2, 0.25) is 17.7 Å². The predicted molar refractivity (Wildman–Crippen MR) is 145 cm³/mol. The maximum Gasteiger partial charge on any atom is 0.408 e. The summed E-state index contributed by atoms with van der Waals surface area (Å²) in [5.41, 5.74) is 5.41. The second kappa shape index (κ2) is 13.8. The summed E-state index contributed by atoms with van der Waals surface area (Å²) in [6, 6.07) is 5.15. The summed E-state index contributed by atoms with van der Waals surface area (Å²) in [5.74, 6) is -1.47. The number of unbranched alkanes of at least 4 members (excludes halogenated alkanes) is 1. The highest BCUT2D eigenvalue weighted by molar-refractivity contribution is 5.92. The lowest BCUT2D eigenvalue weighted by molar-refractivity contribution is -0.143. The fourth-order valence-corrected chi connectivity index (χ4v) is 3.66. The van der Waals surface area contributed by atoms with E-state index in [4.69, 9.17) is 10.5 Å². The Hall–Kier alpha value is -3.36. The molecule has 2 unspecified atom stereocenters. The minimum absolute atomic E-state index is 0.0314. The Bertz CT molecular complexity index is 962. The van der Waals surface area contributed by atoms with Crippen molar-refractivity contribution in [3.63, 3.8) is 0 Å². The molecule has 9 heteroatoms. The quantitative estimate of drug-likeness (QED) is 0.385. The van der Waals surface area contributed by atoms with E-state index in [0.717, 1.165) is 12.0 Å². The van der Waals surface area contributed by atoms with Gasteiger partial charge in [0.1, 0.15) is 17.7 Å². The van der Waals surface area contributed by atoms with E-state index >= 15 is 0 Å². The monoisotopic (exact) mass is 516 g/mol. The van der Waals surface area contributed by atoms with Gasteiger partial charge >= 0.3 is 6.09 Å². The molecule has 206 valence electrons. The van der Waals surface area contributed by atoms with Crippen molar-refractivity contribution >= 4 is 29.9 Å². The summed E-state index contributed by atoms with van der Waals surface area (Å²) in [6.07, 6.45) is 2.11. The molecule has 4 N–H and O–H groups in total. The van der Waals surface area contributed by atoms with Gasteiger partial charge in [-0.3, -0.25) is 14.4 Å². The van der Waals surface area contributed by atoms with Crippen molar-refractivity contribution in [3.8, 4) is 0 Å². The molecule has 2 atom stereocenters. The highest BCUT2D eigenvalue weighted by Crippen LogP contribution is 2.26. The van der Waals surface area contributed by atoms with Gasteiger partial charge in [0, 0.05) is 18.5 Å². The summed E-state index contributed by atoms with van der Waals surface area (Å²) in [6.45, 7) is 16.8. The molecule has 0 bridgehead atoms. The topological polar surface area (TPSA) is 131 Å². The van der Waals surface area contributed by atoms with Crippen LogP contribution in [0.4, 0.5) is 4.79 Å². The van der Waals surface area contributed by atoms with Gasteiger partial charge in [-0.2, -0.15) is 0 Å². The molecule has 0 spiro atoms. The van der Waals surface area contributed by atoms with Crippen LogP contribution in [-0.2, 0) is 19.1 Å². The fraction of sp³-hybridized carbons (Fsp3) is 0.571. The Balaban J connectivity index is 3.56. The standard InChI is InChI=1S/C28H44N4O5/c1-9-11-17-32(25(35)21(15-16-22(29)33)30-26(36)37-28(6,7)8)23(24(34)31-27(3,4)5)20-14-12-13-19(10-2)18-20/h10,12-14,18,21,23H,2,9,11,15-17H2,1,3-8H3,(H2,29,33)(H,30,36)(H,31,34). The number of benzene rings is 1. The van der Waals surface area contributed by atoms with Gasteiger partial charge in [-0.25, -0.2) is 4.79 Å². The number of carbonyl (C=O) groups is 4. The number of rotatable bonds is 12. The molecule has 1 aromatic rings. The summed E-state index contributed by atoms with van der Waals surface area (Å²) in [4.78, 5) is 53.3. The lowest BCUT2D eigenvalue weighted by Crippen LogP contribution is -2.55. The molecule has 4 amide bonds. The second-order valence-corrected chi connectivity index (χ2v) is 11.1. The van der Waals surface area contributed by atoms with Gasteiger partial charge in [0.15, 0.2) is 0 Å². The SMILES string of the molecule is C=Cc1cccc(C(C(=O)NC(C)(C)C)N(CCCC)C(=O)C(CCC(N)=O)NC(=O)OC(C)(C)C)c1. The van der Waals surface area contributed by atoms with E-state index in [9.17, 15) is 19.2 Å². The maximum absolute atomic E-state index is 14.0. The predicted octanol–water partition coefficient (Wildman–Crippen LogP) is 4.07. The van der Waals surface area contributed by atoms with Crippen LogP contribution in [0.5, 0.6) is 0 Å². The van der Waals surface area contributed by atoms with Crippen molar-refractivity contribution in [1.29, 1.82) is 0 Å². The number of nitrogens with one attached hydrogen (secondary N) is 2. The first-order valence-corrected chi connectivity index (χ1v) is 12.7. The van der Waals surface area contributed by atoms with Crippen LogP contribution in [-0.4, -0.2) is 52.4 Å². The Morgan fingerprint density at radius 1 is 1.14 bits per heavy atom. The van der Waals surface area contributed by atoms with Crippen LogP contribution in [0.25, 0.3) is 6.08 Å². The van der Waals surface area contributed by atoms with Gasteiger partial charge in [-0.05, 0) is 71.6 Å². The van der Waals surface area contributed by atoms with E-state index in [-0.39, 0.29) is 25.3 Å². The van der Waals surface area contributed by atoms with Crippen LogP contribution in [0, 0.1) is 0 Å². The number of nitrogens with zero attached hydrogens (tertiary/aromatic N) is 1. The Morgan fingerprint density at radius 2 is 1.78 bits per heavy atom. The molecule has 0 saturated carbocycles. The second-order valence-electron chi connectivity index (χ2n) is 11.1. The van der Waals surface area contributed by atoms with Crippen LogP contribution in [0.15, 0.2) is 30.8 Å². The number of nitrogens with two attached hydrogens (primary N) is 1. The van der Waals surface area contributed by atoms with Crippen LogP contribution < -0.4 is 16.4 Å². The first-order chi connectivity index (χ1) is 17.1. The first-order valence-electron chi connectivity index (χ1n) is 12.7. The van der Waals surface area contributed by atoms with Crippen LogP contribution in [0.3, 0.4) is 0 Å². The number of ether oxygens (including phenoxy) is 1. The van der Waals surface area contributed by atoms with Crippen molar-refractivity contribution < 1.29 is 23.9 Å². The molecule has 0 fully saturated rings. The molecule has 1 aromatic carbocycles. The molecule has 37 heavy (non-hydrogen) atoms. The number of alkyl carbamates (subject to hydrolysis) is 1. The molecule has 0 aromatic heterocycles. The van der Waals surface area contributed by atoms with Gasteiger partial charge in [-0.1, -0.05) is 44.2 Å². The average molecular weight is 517 g/mol. The number of primary amides is 1. The van der Waals surface area contributed by atoms with Crippen LogP contribution >= 0.6 is 0 Å². The maximum atomic E-state index is 14.0. The summed E-state index contributed by atoms with van der Waals surface area (Å²) < 4.78 is 5.35. The minimum atomic E-state index is -1.12. The number of carbonyl (C=O) groups excluding carboxylic acids is 4. The zero-order valence-electron chi connectivity index (χ0n) is 23.3. The molecular formula is C28H44N4O5. The largest absolute Gasteiger partial charge is 0.444 e. The Labute approximate surface area is 221 Å².